The lowest BCUT2D eigenvalue weighted by atomic mass is 9.98. The van der Waals surface area contributed by atoms with Crippen molar-refractivity contribution >= 4 is 0 Å². The molecule has 0 spiro atoms. The van der Waals surface area contributed by atoms with Crippen LogP contribution in [0, 0.1) is 0 Å². The van der Waals surface area contributed by atoms with Crippen LogP contribution in [0.1, 0.15) is 0 Å². The van der Waals surface area contributed by atoms with E-state index in [-0.39, 0.29) is 0 Å². The smallest absolute Gasteiger partial charge is 0.186 e. The molecule has 0 unspecified atom stereocenters. The molecule has 2 aliphatic rings. The van der Waals surface area contributed by atoms with Gasteiger partial charge in [-0.15, -0.1) is 0 Å². The summed E-state index contributed by atoms with van der Waals surface area (Å²) in [6.45, 7) is -1.10. The summed E-state index contributed by atoms with van der Waals surface area (Å²) in [6, 6.07) is 0. The summed E-state index contributed by atoms with van der Waals surface area (Å²) in [4.78, 5) is 0. The molecule has 2 aliphatic heterocycles. The number of ether oxygens (including phenoxy) is 3. The van der Waals surface area contributed by atoms with Gasteiger partial charge in [0, 0.05) is 0 Å². The molecular formula is C12H22O11. The monoisotopic (exact) mass is 342 g/mol. The van der Waals surface area contributed by atoms with Gasteiger partial charge < -0.3 is 55.1 Å². The van der Waals surface area contributed by atoms with Crippen molar-refractivity contribution in [2.24, 2.45) is 0 Å². The highest BCUT2D eigenvalue weighted by molar-refractivity contribution is 4.91. The molecule has 0 aromatic rings. The molecule has 0 bridgehead atoms. The Morgan fingerprint density at radius 2 is 1.22 bits per heavy atom. The molecule has 11 nitrogen and oxygen atoms in total. The number of aliphatic hydroxyl groups is 8. The van der Waals surface area contributed by atoms with E-state index in [0.717, 1.165) is 0 Å². The fourth-order valence-electron chi connectivity index (χ4n) is 2.46. The van der Waals surface area contributed by atoms with Crippen LogP contribution >= 0.6 is 0 Å². The molecule has 0 saturated carbocycles. The Morgan fingerprint density at radius 1 is 0.652 bits per heavy atom. The van der Waals surface area contributed by atoms with Crippen LogP contribution in [0.5, 0.6) is 0 Å². The SMILES string of the molecule is OC[C@@H]1O[C@H](OC[C@H]2O[C@@H](O)[C@H](O)[C@@H](O)[C@@H]2O)[C@@H](O)[C@H](O)[C@H]1O. The van der Waals surface area contributed by atoms with Gasteiger partial charge in [0.25, 0.3) is 0 Å². The molecule has 2 rings (SSSR count). The minimum absolute atomic E-state index is 0.468. The summed E-state index contributed by atoms with van der Waals surface area (Å²) in [5.74, 6) is 0. The summed E-state index contributed by atoms with van der Waals surface area (Å²) >= 11 is 0. The van der Waals surface area contributed by atoms with Crippen LogP contribution in [0.3, 0.4) is 0 Å². The highest BCUT2D eigenvalue weighted by Crippen LogP contribution is 2.24. The molecule has 0 amide bonds. The van der Waals surface area contributed by atoms with Crippen molar-refractivity contribution in [2.75, 3.05) is 13.2 Å². The lowest BCUT2D eigenvalue weighted by molar-refractivity contribution is -0.325. The average molecular weight is 342 g/mol. The van der Waals surface area contributed by atoms with Crippen molar-refractivity contribution in [3.8, 4) is 0 Å². The molecule has 2 fully saturated rings. The van der Waals surface area contributed by atoms with Crippen molar-refractivity contribution in [3.63, 3.8) is 0 Å². The molecule has 10 atom stereocenters. The van der Waals surface area contributed by atoms with E-state index in [0.29, 0.717) is 0 Å². The van der Waals surface area contributed by atoms with E-state index in [4.69, 9.17) is 19.3 Å². The van der Waals surface area contributed by atoms with Gasteiger partial charge in [-0.25, -0.2) is 0 Å². The molecule has 8 N–H and O–H groups in total. The Kier molecular flexibility index (Phi) is 6.27. The predicted octanol–water partition coefficient (Wildman–Crippen LogP) is -5.40. The van der Waals surface area contributed by atoms with E-state index in [1.165, 1.54) is 0 Å². The van der Waals surface area contributed by atoms with Gasteiger partial charge in [-0.05, 0) is 0 Å². The quantitative estimate of drug-likeness (QED) is 0.243. The highest BCUT2D eigenvalue weighted by atomic mass is 16.7. The maximum absolute atomic E-state index is 9.78. The third-order valence-corrected chi connectivity index (χ3v) is 3.96. The molecule has 2 saturated heterocycles. The van der Waals surface area contributed by atoms with Gasteiger partial charge in [0.05, 0.1) is 13.2 Å². The van der Waals surface area contributed by atoms with Crippen LogP contribution in [0.25, 0.3) is 0 Å². The van der Waals surface area contributed by atoms with Crippen molar-refractivity contribution in [1.82, 2.24) is 0 Å². The third kappa shape index (κ3) is 3.81. The van der Waals surface area contributed by atoms with E-state index in [2.05, 4.69) is 0 Å². The zero-order chi connectivity index (χ0) is 17.3. The van der Waals surface area contributed by atoms with Crippen LogP contribution in [-0.4, -0.2) is 115 Å². The Bertz CT molecular complexity index is 380. The van der Waals surface area contributed by atoms with E-state index in [1.54, 1.807) is 0 Å². The Balaban J connectivity index is 1.94. The summed E-state index contributed by atoms with van der Waals surface area (Å²) in [7, 11) is 0. The fraction of sp³-hybridized carbons (Fsp3) is 1.00. The summed E-state index contributed by atoms with van der Waals surface area (Å²) in [5, 5.41) is 76.1. The van der Waals surface area contributed by atoms with Gasteiger partial charge in [-0.2, -0.15) is 0 Å². The Labute approximate surface area is 130 Å². The average Bonchev–Trinajstić information content (AvgIpc) is 2.54. The maximum Gasteiger partial charge on any atom is 0.186 e. The van der Waals surface area contributed by atoms with E-state index < -0.39 is 74.6 Å². The molecule has 136 valence electrons. The van der Waals surface area contributed by atoms with Gasteiger partial charge >= 0.3 is 0 Å². The lowest BCUT2D eigenvalue weighted by Gasteiger charge is -2.41. The van der Waals surface area contributed by atoms with Crippen molar-refractivity contribution < 1.29 is 55.1 Å². The second-order valence-corrected chi connectivity index (χ2v) is 5.57. The van der Waals surface area contributed by atoms with Crippen molar-refractivity contribution in [2.45, 2.75) is 61.4 Å². The van der Waals surface area contributed by atoms with Gasteiger partial charge in [-0.3, -0.25) is 0 Å². The largest absolute Gasteiger partial charge is 0.394 e. The number of hydrogen-bond donors (Lipinski definition) is 8. The normalized spacial score (nSPS) is 51.7. The molecule has 0 radical (unpaired) electrons. The van der Waals surface area contributed by atoms with Crippen LogP contribution < -0.4 is 0 Å². The topological polar surface area (TPSA) is 190 Å². The molecule has 0 aromatic heterocycles. The summed E-state index contributed by atoms with van der Waals surface area (Å²) in [6.07, 6.45) is -15.3. The molecule has 0 aliphatic carbocycles. The van der Waals surface area contributed by atoms with E-state index in [1.807, 2.05) is 0 Å². The van der Waals surface area contributed by atoms with Gasteiger partial charge in [-0.1, -0.05) is 0 Å². The van der Waals surface area contributed by atoms with Crippen LogP contribution in [0.15, 0.2) is 0 Å². The first-order valence-electron chi connectivity index (χ1n) is 7.07. The van der Waals surface area contributed by atoms with Gasteiger partial charge in [0.15, 0.2) is 12.6 Å². The standard InChI is InChI=1S/C12H22O11/c13-1-3-5(14)8(17)10(19)12(23-3)21-2-4-6(15)7(16)9(18)11(20)22-4/h3-20H,1-2H2/t3-,4+,5-,6+,7-,8+,9+,10-,11+,12-/m0/s1. The number of rotatable bonds is 4. The number of hydrogen-bond acceptors (Lipinski definition) is 11. The maximum atomic E-state index is 9.78. The van der Waals surface area contributed by atoms with Crippen LogP contribution in [-0.2, 0) is 14.2 Å². The number of aliphatic hydroxyl groups excluding tert-OH is 8. The second-order valence-electron chi connectivity index (χ2n) is 5.57. The molecule has 11 heteroatoms. The third-order valence-electron chi connectivity index (χ3n) is 3.96. The summed E-state index contributed by atoms with van der Waals surface area (Å²) < 4.78 is 15.1. The first-order chi connectivity index (χ1) is 10.8. The minimum Gasteiger partial charge on any atom is -0.394 e. The first kappa shape index (κ1) is 18.9. The predicted molar refractivity (Wildman–Crippen MR) is 68.6 cm³/mol. The molecule has 23 heavy (non-hydrogen) atoms. The van der Waals surface area contributed by atoms with Gasteiger partial charge in [0.1, 0.15) is 48.8 Å². The zero-order valence-electron chi connectivity index (χ0n) is 12.0. The van der Waals surface area contributed by atoms with E-state index in [9.17, 15) is 35.7 Å². The van der Waals surface area contributed by atoms with Crippen LogP contribution in [0.2, 0.25) is 0 Å². The van der Waals surface area contributed by atoms with Crippen molar-refractivity contribution in [1.29, 1.82) is 0 Å². The van der Waals surface area contributed by atoms with Crippen molar-refractivity contribution in [3.05, 3.63) is 0 Å². The zero-order valence-corrected chi connectivity index (χ0v) is 12.0. The summed E-state index contributed by atoms with van der Waals surface area (Å²) in [5.41, 5.74) is 0. The van der Waals surface area contributed by atoms with Gasteiger partial charge in [0.2, 0.25) is 0 Å². The molecular weight excluding hydrogens is 320 g/mol. The molecule has 2 heterocycles. The fourth-order valence-corrected chi connectivity index (χ4v) is 2.46. The minimum atomic E-state index is -1.74. The van der Waals surface area contributed by atoms with Crippen LogP contribution in [0.4, 0.5) is 0 Å². The highest BCUT2D eigenvalue weighted by Gasteiger charge is 2.46. The van der Waals surface area contributed by atoms with E-state index >= 15 is 0 Å². The first-order valence-corrected chi connectivity index (χ1v) is 7.07. The lowest BCUT2D eigenvalue weighted by Crippen LogP contribution is -2.61. The second kappa shape index (κ2) is 7.63. The Hall–Kier alpha value is -0.440. The Morgan fingerprint density at radius 3 is 1.83 bits per heavy atom. The molecule has 0 aromatic carbocycles.